The number of nitrogens with one attached hydrogen (secondary N) is 2. The first-order valence-electron chi connectivity index (χ1n) is 9.90. The van der Waals surface area contributed by atoms with E-state index in [1.807, 2.05) is 4.90 Å². The van der Waals surface area contributed by atoms with E-state index in [0.29, 0.717) is 12.0 Å². The minimum Gasteiger partial charge on any atom is -0.336 e. The number of carbonyl (C=O) groups is 1. The van der Waals surface area contributed by atoms with Crippen molar-refractivity contribution in [2.75, 3.05) is 32.7 Å². The Bertz CT molecular complexity index is 512. The maximum atomic E-state index is 12.5. The van der Waals surface area contributed by atoms with Crippen molar-refractivity contribution >= 4 is 6.03 Å². The highest BCUT2D eigenvalue weighted by Crippen LogP contribution is 2.25. The second-order valence-electron chi connectivity index (χ2n) is 7.36. The van der Waals surface area contributed by atoms with E-state index in [1.54, 1.807) is 6.33 Å². The van der Waals surface area contributed by atoms with Crippen LogP contribution in [0.3, 0.4) is 0 Å². The molecule has 0 aromatic carbocycles. The van der Waals surface area contributed by atoms with Crippen molar-refractivity contribution < 1.29 is 4.79 Å². The van der Waals surface area contributed by atoms with Gasteiger partial charge in [-0.25, -0.2) is 9.78 Å². The summed E-state index contributed by atoms with van der Waals surface area (Å²) in [5, 5.41) is 10.1. The first-order chi connectivity index (χ1) is 12.3. The summed E-state index contributed by atoms with van der Waals surface area (Å²) >= 11 is 0. The quantitative estimate of drug-likeness (QED) is 0.827. The van der Waals surface area contributed by atoms with Crippen LogP contribution in [-0.2, 0) is 0 Å². The minimum absolute atomic E-state index is 0.0945. The third kappa shape index (κ3) is 4.93. The van der Waals surface area contributed by atoms with Gasteiger partial charge in [0.15, 0.2) is 0 Å². The summed E-state index contributed by atoms with van der Waals surface area (Å²) in [5.74, 6) is 1.35. The number of H-pyrrole nitrogens is 1. The molecule has 1 aromatic rings. The maximum Gasteiger partial charge on any atom is 0.317 e. The van der Waals surface area contributed by atoms with Crippen LogP contribution in [-0.4, -0.2) is 69.8 Å². The largest absolute Gasteiger partial charge is 0.336 e. The van der Waals surface area contributed by atoms with Crippen LogP contribution in [0.2, 0.25) is 0 Å². The van der Waals surface area contributed by atoms with Crippen molar-refractivity contribution in [3.8, 4) is 0 Å². The molecule has 1 atom stereocenters. The minimum atomic E-state index is 0.0945. The van der Waals surface area contributed by atoms with E-state index in [4.69, 9.17) is 0 Å². The number of carbonyl (C=O) groups excluding carboxylic acids is 1. The van der Waals surface area contributed by atoms with E-state index in [0.717, 1.165) is 38.3 Å². The Labute approximate surface area is 150 Å². The molecule has 2 aliphatic rings. The molecule has 0 saturated carbocycles. The predicted molar refractivity (Wildman–Crippen MR) is 97.4 cm³/mol. The summed E-state index contributed by atoms with van der Waals surface area (Å²) < 4.78 is 0. The highest BCUT2D eigenvalue weighted by molar-refractivity contribution is 5.74. The van der Waals surface area contributed by atoms with Crippen LogP contribution in [0, 0.1) is 0 Å². The van der Waals surface area contributed by atoms with Crippen molar-refractivity contribution in [2.24, 2.45) is 0 Å². The predicted octanol–water partition coefficient (Wildman–Crippen LogP) is 2.35. The number of aromatic nitrogens is 3. The number of aromatic amines is 1. The van der Waals surface area contributed by atoms with Gasteiger partial charge in [0.2, 0.25) is 0 Å². The summed E-state index contributed by atoms with van der Waals surface area (Å²) in [6, 6.07) is 0.605. The van der Waals surface area contributed by atoms with Gasteiger partial charge in [0.1, 0.15) is 12.2 Å². The molecule has 0 aliphatic carbocycles. The lowest BCUT2D eigenvalue weighted by Crippen LogP contribution is -2.50. The van der Waals surface area contributed by atoms with Gasteiger partial charge in [-0.3, -0.25) is 10.00 Å². The lowest BCUT2D eigenvalue weighted by molar-refractivity contribution is 0.137. The van der Waals surface area contributed by atoms with Gasteiger partial charge in [-0.1, -0.05) is 19.8 Å². The zero-order valence-electron chi connectivity index (χ0n) is 15.4. The Morgan fingerprint density at radius 2 is 2.12 bits per heavy atom. The van der Waals surface area contributed by atoms with Crippen LogP contribution in [0.4, 0.5) is 4.79 Å². The maximum absolute atomic E-state index is 12.5. The SMILES string of the molecule is CCCCN1CCCCC1CNC(=O)N1CCC(c2ncn[nH]2)CC1. The van der Waals surface area contributed by atoms with Gasteiger partial charge in [0.25, 0.3) is 0 Å². The van der Waals surface area contributed by atoms with Crippen LogP contribution in [0.25, 0.3) is 0 Å². The van der Waals surface area contributed by atoms with Crippen molar-refractivity contribution in [3.05, 3.63) is 12.2 Å². The van der Waals surface area contributed by atoms with E-state index in [9.17, 15) is 4.79 Å². The topological polar surface area (TPSA) is 77.2 Å². The van der Waals surface area contributed by atoms with E-state index in [-0.39, 0.29) is 6.03 Å². The molecule has 1 aromatic heterocycles. The molecule has 140 valence electrons. The number of unbranched alkanes of at least 4 members (excludes halogenated alkanes) is 1. The fourth-order valence-electron chi connectivity index (χ4n) is 4.03. The Balaban J connectivity index is 1.41. The Morgan fingerprint density at radius 1 is 1.28 bits per heavy atom. The Morgan fingerprint density at radius 3 is 2.84 bits per heavy atom. The summed E-state index contributed by atoms with van der Waals surface area (Å²) in [4.78, 5) is 21.3. The van der Waals surface area contributed by atoms with E-state index in [2.05, 4.69) is 32.3 Å². The van der Waals surface area contributed by atoms with Crippen LogP contribution in [0.1, 0.15) is 63.6 Å². The van der Waals surface area contributed by atoms with Crippen molar-refractivity contribution in [3.63, 3.8) is 0 Å². The molecule has 0 bridgehead atoms. The number of hydrogen-bond acceptors (Lipinski definition) is 4. The molecule has 1 unspecified atom stereocenters. The van der Waals surface area contributed by atoms with Crippen LogP contribution in [0.5, 0.6) is 0 Å². The molecule has 7 heteroatoms. The zero-order valence-corrected chi connectivity index (χ0v) is 15.4. The fraction of sp³-hybridized carbons (Fsp3) is 0.833. The van der Waals surface area contributed by atoms with Gasteiger partial charge in [0, 0.05) is 31.6 Å². The van der Waals surface area contributed by atoms with Crippen molar-refractivity contribution in [1.82, 2.24) is 30.3 Å². The third-order valence-corrected chi connectivity index (χ3v) is 5.64. The normalized spacial score (nSPS) is 22.9. The number of nitrogens with zero attached hydrogens (tertiary/aromatic N) is 4. The first-order valence-corrected chi connectivity index (χ1v) is 9.90. The second-order valence-corrected chi connectivity index (χ2v) is 7.36. The molecule has 2 saturated heterocycles. The number of likely N-dealkylation sites (tertiary alicyclic amines) is 2. The van der Waals surface area contributed by atoms with Gasteiger partial charge in [-0.2, -0.15) is 5.10 Å². The number of rotatable bonds is 6. The molecule has 25 heavy (non-hydrogen) atoms. The fourth-order valence-corrected chi connectivity index (χ4v) is 4.03. The van der Waals surface area contributed by atoms with Crippen molar-refractivity contribution in [2.45, 2.75) is 63.8 Å². The van der Waals surface area contributed by atoms with Crippen LogP contribution < -0.4 is 5.32 Å². The van der Waals surface area contributed by atoms with Gasteiger partial charge in [-0.15, -0.1) is 0 Å². The smallest absolute Gasteiger partial charge is 0.317 e. The van der Waals surface area contributed by atoms with E-state index in [1.165, 1.54) is 45.2 Å². The van der Waals surface area contributed by atoms with Gasteiger partial charge in [0.05, 0.1) is 0 Å². The van der Waals surface area contributed by atoms with Gasteiger partial charge < -0.3 is 10.2 Å². The highest BCUT2D eigenvalue weighted by atomic mass is 16.2. The number of amides is 2. The molecule has 3 heterocycles. The number of hydrogen-bond donors (Lipinski definition) is 2. The summed E-state index contributed by atoms with van der Waals surface area (Å²) in [6.45, 7) is 6.96. The molecule has 3 rings (SSSR count). The Hall–Kier alpha value is -1.63. The van der Waals surface area contributed by atoms with Gasteiger partial charge in [-0.05, 0) is 45.2 Å². The Kier molecular flexibility index (Phi) is 6.67. The number of urea groups is 1. The average Bonchev–Trinajstić information content (AvgIpc) is 3.20. The van der Waals surface area contributed by atoms with E-state index >= 15 is 0 Å². The summed E-state index contributed by atoms with van der Waals surface area (Å²) in [6.07, 6.45) is 9.73. The molecule has 2 N–H and O–H groups in total. The average molecular weight is 348 g/mol. The molecule has 2 amide bonds. The molecule has 0 radical (unpaired) electrons. The molecule has 0 spiro atoms. The molecule has 2 fully saturated rings. The highest BCUT2D eigenvalue weighted by Gasteiger charge is 2.27. The number of piperidine rings is 2. The summed E-state index contributed by atoms with van der Waals surface area (Å²) in [5.41, 5.74) is 0. The zero-order chi connectivity index (χ0) is 17.5. The third-order valence-electron chi connectivity index (χ3n) is 5.64. The lowest BCUT2D eigenvalue weighted by atomic mass is 9.96. The van der Waals surface area contributed by atoms with Gasteiger partial charge >= 0.3 is 6.03 Å². The molecular formula is C18H32N6O. The summed E-state index contributed by atoms with van der Waals surface area (Å²) in [7, 11) is 0. The second kappa shape index (κ2) is 9.17. The van der Waals surface area contributed by atoms with E-state index < -0.39 is 0 Å². The molecular weight excluding hydrogens is 316 g/mol. The lowest BCUT2D eigenvalue weighted by Gasteiger charge is -2.37. The van der Waals surface area contributed by atoms with Crippen LogP contribution >= 0.6 is 0 Å². The standard InChI is InChI=1S/C18H32N6O/c1-2-3-9-23-10-5-4-6-16(23)13-19-18(25)24-11-7-15(8-12-24)17-20-14-21-22-17/h14-16H,2-13H2,1H3,(H,19,25)(H,20,21,22). The van der Waals surface area contributed by atoms with Crippen molar-refractivity contribution in [1.29, 1.82) is 0 Å². The van der Waals surface area contributed by atoms with Crippen LogP contribution in [0.15, 0.2) is 6.33 Å². The first kappa shape index (κ1) is 18.2. The monoisotopic (exact) mass is 348 g/mol. The molecule has 2 aliphatic heterocycles. The molecule has 7 nitrogen and oxygen atoms in total.